The number of anilines is 1. The van der Waals surface area contributed by atoms with Crippen molar-refractivity contribution in [3.63, 3.8) is 0 Å². The molecule has 6 nitrogen and oxygen atoms in total. The van der Waals surface area contributed by atoms with Crippen LogP contribution in [0.4, 0.5) is 5.69 Å². The zero-order chi connectivity index (χ0) is 17.8. The van der Waals surface area contributed by atoms with Crippen molar-refractivity contribution in [3.05, 3.63) is 29.3 Å². The van der Waals surface area contributed by atoms with Gasteiger partial charge in [-0.05, 0) is 12.1 Å². The molecule has 0 aliphatic carbocycles. The Morgan fingerprint density at radius 1 is 1.08 bits per heavy atom. The number of benzene rings is 1. The molecule has 0 unspecified atom stereocenters. The third-order valence-electron chi connectivity index (χ3n) is 5.00. The first-order chi connectivity index (χ1) is 12.1. The third kappa shape index (κ3) is 4.25. The molecular weight excluding hydrogens is 340 g/mol. The Bertz CT molecular complexity index is 625. The molecule has 2 saturated heterocycles. The van der Waals surface area contributed by atoms with Gasteiger partial charge in [0.2, 0.25) is 11.8 Å². The Kier molecular flexibility index (Phi) is 5.81. The van der Waals surface area contributed by atoms with Gasteiger partial charge in [0, 0.05) is 51.7 Å². The minimum Gasteiger partial charge on any atom is -0.375 e. The van der Waals surface area contributed by atoms with Crippen LogP contribution < -0.4 is 5.32 Å². The van der Waals surface area contributed by atoms with Crippen LogP contribution in [0.5, 0.6) is 0 Å². The Morgan fingerprint density at radius 2 is 1.76 bits per heavy atom. The van der Waals surface area contributed by atoms with E-state index < -0.39 is 0 Å². The van der Waals surface area contributed by atoms with E-state index in [0.717, 1.165) is 45.0 Å². The van der Waals surface area contributed by atoms with Crippen molar-refractivity contribution in [1.29, 1.82) is 0 Å². The summed E-state index contributed by atoms with van der Waals surface area (Å²) in [6.45, 7) is 7.03. The van der Waals surface area contributed by atoms with E-state index in [4.69, 9.17) is 11.6 Å². The quantitative estimate of drug-likeness (QED) is 0.860. The molecule has 0 atom stereocenters. The minimum atomic E-state index is 0.0935. The van der Waals surface area contributed by atoms with Crippen molar-refractivity contribution in [1.82, 2.24) is 14.7 Å². The van der Waals surface area contributed by atoms with E-state index in [9.17, 15) is 9.59 Å². The van der Waals surface area contributed by atoms with Gasteiger partial charge < -0.3 is 15.1 Å². The van der Waals surface area contributed by atoms with Crippen LogP contribution in [0.15, 0.2) is 24.3 Å². The summed E-state index contributed by atoms with van der Waals surface area (Å²) in [7, 11) is 0. The van der Waals surface area contributed by atoms with Crippen LogP contribution in [0.25, 0.3) is 0 Å². The SMILES string of the molecule is CCC(=O)N1CC(N2CCN(C(=O)CNc3ccccc3Cl)CC2)C1. The van der Waals surface area contributed by atoms with Crippen LogP contribution in [-0.4, -0.2) is 78.4 Å². The molecule has 2 heterocycles. The van der Waals surface area contributed by atoms with Gasteiger partial charge in [-0.1, -0.05) is 30.7 Å². The van der Waals surface area contributed by atoms with Crippen molar-refractivity contribution in [2.24, 2.45) is 0 Å². The molecule has 0 aromatic heterocycles. The molecule has 0 radical (unpaired) electrons. The van der Waals surface area contributed by atoms with E-state index in [0.29, 0.717) is 17.5 Å². The summed E-state index contributed by atoms with van der Waals surface area (Å²) in [6.07, 6.45) is 0.577. The fraction of sp³-hybridized carbons (Fsp3) is 0.556. The molecule has 1 aromatic carbocycles. The molecular formula is C18H25ClN4O2. The third-order valence-corrected chi connectivity index (χ3v) is 5.33. The molecule has 1 aromatic rings. The number of hydrogen-bond donors (Lipinski definition) is 1. The average molecular weight is 365 g/mol. The summed E-state index contributed by atoms with van der Waals surface area (Å²) >= 11 is 6.09. The lowest BCUT2D eigenvalue weighted by molar-refractivity contribution is -0.139. The second-order valence-electron chi connectivity index (χ2n) is 6.56. The second kappa shape index (κ2) is 8.06. The van der Waals surface area contributed by atoms with E-state index in [1.165, 1.54) is 0 Å². The Hall–Kier alpha value is -1.79. The van der Waals surface area contributed by atoms with Crippen molar-refractivity contribution >= 4 is 29.1 Å². The average Bonchev–Trinajstić information content (AvgIpc) is 2.60. The molecule has 0 spiro atoms. The molecule has 0 bridgehead atoms. The second-order valence-corrected chi connectivity index (χ2v) is 6.96. The maximum absolute atomic E-state index is 12.4. The Morgan fingerprint density at radius 3 is 2.40 bits per heavy atom. The molecule has 7 heteroatoms. The molecule has 25 heavy (non-hydrogen) atoms. The van der Waals surface area contributed by atoms with Gasteiger partial charge in [-0.2, -0.15) is 0 Å². The molecule has 0 saturated carbocycles. The molecule has 136 valence electrons. The van der Waals surface area contributed by atoms with E-state index in [-0.39, 0.29) is 18.4 Å². The van der Waals surface area contributed by atoms with Crippen LogP contribution in [0.2, 0.25) is 5.02 Å². The highest BCUT2D eigenvalue weighted by molar-refractivity contribution is 6.33. The number of rotatable bonds is 5. The van der Waals surface area contributed by atoms with Gasteiger partial charge >= 0.3 is 0 Å². The fourth-order valence-electron chi connectivity index (χ4n) is 3.34. The van der Waals surface area contributed by atoms with Crippen LogP contribution in [-0.2, 0) is 9.59 Å². The van der Waals surface area contributed by atoms with Gasteiger partial charge in [0.25, 0.3) is 0 Å². The smallest absolute Gasteiger partial charge is 0.241 e. The van der Waals surface area contributed by atoms with Crippen molar-refractivity contribution in [2.75, 3.05) is 51.1 Å². The number of nitrogens with one attached hydrogen (secondary N) is 1. The Labute approximate surface area is 153 Å². The molecule has 3 rings (SSSR count). The number of para-hydroxylation sites is 1. The zero-order valence-corrected chi connectivity index (χ0v) is 15.3. The van der Waals surface area contributed by atoms with E-state index in [2.05, 4.69) is 10.2 Å². The number of carbonyl (C=O) groups excluding carboxylic acids is 2. The summed E-state index contributed by atoms with van der Waals surface area (Å²) < 4.78 is 0. The highest BCUT2D eigenvalue weighted by atomic mass is 35.5. The Balaban J connectivity index is 1.40. The number of carbonyl (C=O) groups is 2. The minimum absolute atomic E-state index is 0.0935. The highest BCUT2D eigenvalue weighted by Gasteiger charge is 2.35. The van der Waals surface area contributed by atoms with Gasteiger partial charge in [-0.3, -0.25) is 14.5 Å². The maximum atomic E-state index is 12.4. The van der Waals surface area contributed by atoms with Gasteiger partial charge in [0.05, 0.1) is 17.3 Å². The molecule has 2 aliphatic rings. The molecule has 2 aliphatic heterocycles. The number of halogens is 1. The number of nitrogens with zero attached hydrogens (tertiary/aromatic N) is 3. The van der Waals surface area contributed by atoms with Crippen LogP contribution in [0, 0.1) is 0 Å². The topological polar surface area (TPSA) is 55.9 Å². The number of hydrogen-bond acceptors (Lipinski definition) is 4. The monoisotopic (exact) mass is 364 g/mol. The summed E-state index contributed by atoms with van der Waals surface area (Å²) in [5.74, 6) is 0.326. The van der Waals surface area contributed by atoms with E-state index in [1.807, 2.05) is 34.9 Å². The number of likely N-dealkylation sites (tertiary alicyclic amines) is 1. The predicted octanol–water partition coefficient (Wildman–Crippen LogP) is 1.52. The van der Waals surface area contributed by atoms with Crippen LogP contribution in [0.1, 0.15) is 13.3 Å². The number of piperazine rings is 1. The van der Waals surface area contributed by atoms with Crippen LogP contribution in [0.3, 0.4) is 0 Å². The van der Waals surface area contributed by atoms with Crippen molar-refractivity contribution in [2.45, 2.75) is 19.4 Å². The first-order valence-electron chi connectivity index (χ1n) is 8.86. The molecule has 1 N–H and O–H groups in total. The summed E-state index contributed by atoms with van der Waals surface area (Å²) in [6, 6.07) is 7.88. The predicted molar refractivity (Wildman–Crippen MR) is 98.8 cm³/mol. The molecule has 2 amide bonds. The van der Waals surface area contributed by atoms with E-state index in [1.54, 1.807) is 6.07 Å². The first-order valence-corrected chi connectivity index (χ1v) is 9.24. The lowest BCUT2D eigenvalue weighted by Gasteiger charge is -2.48. The van der Waals surface area contributed by atoms with Gasteiger partial charge in [0.15, 0.2) is 0 Å². The van der Waals surface area contributed by atoms with Crippen molar-refractivity contribution in [3.8, 4) is 0 Å². The largest absolute Gasteiger partial charge is 0.375 e. The maximum Gasteiger partial charge on any atom is 0.241 e. The van der Waals surface area contributed by atoms with E-state index >= 15 is 0 Å². The normalized spacial score (nSPS) is 18.8. The van der Waals surface area contributed by atoms with Gasteiger partial charge in [0.1, 0.15) is 0 Å². The fourth-order valence-corrected chi connectivity index (χ4v) is 3.54. The summed E-state index contributed by atoms with van der Waals surface area (Å²) in [4.78, 5) is 30.2. The number of amides is 2. The summed E-state index contributed by atoms with van der Waals surface area (Å²) in [5.41, 5.74) is 0.784. The zero-order valence-electron chi connectivity index (χ0n) is 14.6. The summed E-state index contributed by atoms with van der Waals surface area (Å²) in [5, 5.41) is 3.73. The van der Waals surface area contributed by atoms with Gasteiger partial charge in [-0.15, -0.1) is 0 Å². The van der Waals surface area contributed by atoms with Gasteiger partial charge in [-0.25, -0.2) is 0 Å². The lowest BCUT2D eigenvalue weighted by Crippen LogP contribution is -2.64. The highest BCUT2D eigenvalue weighted by Crippen LogP contribution is 2.20. The first kappa shape index (κ1) is 18.0. The molecule has 2 fully saturated rings. The van der Waals surface area contributed by atoms with Crippen LogP contribution >= 0.6 is 11.6 Å². The lowest BCUT2D eigenvalue weighted by atomic mass is 10.1. The van der Waals surface area contributed by atoms with Crippen molar-refractivity contribution < 1.29 is 9.59 Å². The standard InChI is InChI=1S/C18H25ClN4O2/c1-2-17(24)23-12-14(13-23)21-7-9-22(10-8-21)18(25)11-20-16-6-4-3-5-15(16)19/h3-6,14,20H,2,7-13H2,1H3.